The Morgan fingerprint density at radius 1 is 1.33 bits per heavy atom. The molecule has 0 saturated heterocycles. The molecule has 0 aliphatic rings. The lowest BCUT2D eigenvalue weighted by atomic mass is 10.0. The number of hydrogen-bond donors (Lipinski definition) is 1. The zero-order valence-electron chi connectivity index (χ0n) is 11.7. The van der Waals surface area contributed by atoms with Crippen molar-refractivity contribution in [2.24, 2.45) is 0 Å². The molecule has 1 aromatic carbocycles. The van der Waals surface area contributed by atoms with Crippen LogP contribution in [0.25, 0.3) is 0 Å². The minimum atomic E-state index is -0.222. The maximum absolute atomic E-state index is 12.5. The summed E-state index contributed by atoms with van der Waals surface area (Å²) in [6.45, 7) is 0.000154. The predicted molar refractivity (Wildman–Crippen MR) is 82.2 cm³/mol. The lowest BCUT2D eigenvalue weighted by Gasteiger charge is -2.28. The number of benzene rings is 1. The summed E-state index contributed by atoms with van der Waals surface area (Å²) in [5.74, 6) is -0.222. The van der Waals surface area contributed by atoms with Gasteiger partial charge in [0.15, 0.2) is 0 Å². The van der Waals surface area contributed by atoms with Crippen LogP contribution in [0.3, 0.4) is 0 Å². The Morgan fingerprint density at radius 3 is 2.67 bits per heavy atom. The number of rotatable bonds is 5. The second-order valence-corrected chi connectivity index (χ2v) is 5.15. The van der Waals surface area contributed by atoms with Gasteiger partial charge in [0, 0.05) is 24.9 Å². The Morgan fingerprint density at radius 2 is 2.05 bits per heavy atom. The molecule has 1 amide bonds. The Balaban J connectivity index is 2.26. The highest BCUT2D eigenvalue weighted by atomic mass is 35.5. The molecule has 0 radical (unpaired) electrons. The van der Waals surface area contributed by atoms with Gasteiger partial charge in [0.25, 0.3) is 5.91 Å². The van der Waals surface area contributed by atoms with Gasteiger partial charge in [0.2, 0.25) is 0 Å². The van der Waals surface area contributed by atoms with E-state index in [9.17, 15) is 9.90 Å². The maximum Gasteiger partial charge on any atom is 0.272 e. The largest absolute Gasteiger partial charge is 0.396 e. The Hall–Kier alpha value is -1.91. The van der Waals surface area contributed by atoms with E-state index in [1.54, 1.807) is 24.1 Å². The molecule has 2 rings (SSSR count). The van der Waals surface area contributed by atoms with Crippen LogP contribution in [0.5, 0.6) is 0 Å². The normalized spacial score (nSPS) is 12.0. The molecule has 1 aromatic heterocycles. The van der Waals surface area contributed by atoms with Crippen molar-refractivity contribution in [3.05, 3.63) is 64.9 Å². The topological polar surface area (TPSA) is 53.4 Å². The molecule has 1 atom stereocenters. The van der Waals surface area contributed by atoms with Crippen molar-refractivity contribution in [2.45, 2.75) is 12.5 Å². The van der Waals surface area contributed by atoms with Gasteiger partial charge in [-0.25, -0.2) is 0 Å². The second-order valence-electron chi connectivity index (χ2n) is 4.71. The number of aliphatic hydroxyl groups is 1. The summed E-state index contributed by atoms with van der Waals surface area (Å²) in [7, 11) is 1.71. The van der Waals surface area contributed by atoms with E-state index in [0.29, 0.717) is 17.1 Å². The minimum absolute atomic E-state index is 0.000154. The van der Waals surface area contributed by atoms with Gasteiger partial charge < -0.3 is 10.0 Å². The van der Waals surface area contributed by atoms with Gasteiger partial charge in [-0.1, -0.05) is 41.9 Å². The average molecular weight is 305 g/mol. The van der Waals surface area contributed by atoms with Crippen LogP contribution in [0.2, 0.25) is 5.02 Å². The van der Waals surface area contributed by atoms with Crippen LogP contribution in [0.1, 0.15) is 28.5 Å². The maximum atomic E-state index is 12.5. The van der Waals surface area contributed by atoms with Gasteiger partial charge in [0.1, 0.15) is 5.69 Å². The van der Waals surface area contributed by atoms with Crippen LogP contribution < -0.4 is 0 Å². The van der Waals surface area contributed by atoms with E-state index in [0.717, 1.165) is 5.56 Å². The molecule has 1 heterocycles. The zero-order chi connectivity index (χ0) is 15.2. The molecular formula is C16H17ClN2O2. The van der Waals surface area contributed by atoms with Crippen molar-refractivity contribution >= 4 is 17.5 Å². The summed E-state index contributed by atoms with van der Waals surface area (Å²) in [6.07, 6.45) is 1.97. The molecule has 0 fully saturated rings. The number of aromatic nitrogens is 1. The molecule has 0 aliphatic heterocycles. The van der Waals surface area contributed by atoms with Crippen molar-refractivity contribution in [1.82, 2.24) is 9.88 Å². The number of carbonyl (C=O) groups excluding carboxylic acids is 1. The highest BCUT2D eigenvalue weighted by Crippen LogP contribution is 2.24. The second kappa shape index (κ2) is 7.20. The van der Waals surface area contributed by atoms with Gasteiger partial charge in [-0.15, -0.1) is 0 Å². The fourth-order valence-corrected chi connectivity index (χ4v) is 2.39. The lowest BCUT2D eigenvalue weighted by molar-refractivity contribution is 0.0699. The molecule has 0 spiro atoms. The van der Waals surface area contributed by atoms with E-state index in [1.807, 2.05) is 30.3 Å². The van der Waals surface area contributed by atoms with E-state index in [-0.39, 0.29) is 18.6 Å². The third-order valence-electron chi connectivity index (χ3n) is 3.32. The Labute approximate surface area is 129 Å². The Bertz CT molecular complexity index is 604. The molecule has 110 valence electrons. The first kappa shape index (κ1) is 15.5. The number of amides is 1. The zero-order valence-corrected chi connectivity index (χ0v) is 12.5. The van der Waals surface area contributed by atoms with Crippen LogP contribution in [-0.2, 0) is 0 Å². The van der Waals surface area contributed by atoms with Gasteiger partial charge in [-0.3, -0.25) is 9.78 Å². The highest BCUT2D eigenvalue weighted by Gasteiger charge is 2.23. The Kier molecular flexibility index (Phi) is 5.31. The van der Waals surface area contributed by atoms with E-state index < -0.39 is 0 Å². The first-order valence-corrected chi connectivity index (χ1v) is 7.06. The van der Waals surface area contributed by atoms with Crippen LogP contribution in [0.4, 0.5) is 0 Å². The van der Waals surface area contributed by atoms with E-state index >= 15 is 0 Å². The van der Waals surface area contributed by atoms with E-state index in [1.165, 1.54) is 6.20 Å². The smallest absolute Gasteiger partial charge is 0.272 e. The number of aliphatic hydroxyl groups excluding tert-OH is 1. The number of hydrogen-bond acceptors (Lipinski definition) is 3. The van der Waals surface area contributed by atoms with Crippen LogP contribution in [-0.4, -0.2) is 34.6 Å². The fourth-order valence-electron chi connectivity index (χ4n) is 2.23. The number of halogens is 1. The standard InChI is InChI=1S/C16H17ClN2O2/c1-19(16(21)14-11-13(17)7-9-18-14)15(8-10-20)12-5-3-2-4-6-12/h2-7,9,11,15,20H,8,10H2,1H3. The first-order chi connectivity index (χ1) is 10.1. The molecule has 1 unspecified atom stereocenters. The van der Waals surface area contributed by atoms with Crippen molar-refractivity contribution in [3.63, 3.8) is 0 Å². The molecule has 1 N–H and O–H groups in total. The van der Waals surface area contributed by atoms with Gasteiger partial charge in [-0.2, -0.15) is 0 Å². The minimum Gasteiger partial charge on any atom is -0.396 e. The molecule has 0 aliphatic carbocycles. The summed E-state index contributed by atoms with van der Waals surface area (Å²) >= 11 is 5.90. The van der Waals surface area contributed by atoms with Gasteiger partial charge in [-0.05, 0) is 24.1 Å². The van der Waals surface area contributed by atoms with Gasteiger partial charge in [0.05, 0.1) is 6.04 Å². The number of carbonyl (C=O) groups is 1. The molecule has 0 bridgehead atoms. The van der Waals surface area contributed by atoms with Gasteiger partial charge >= 0.3 is 0 Å². The summed E-state index contributed by atoms with van der Waals surface area (Å²) in [6, 6.07) is 12.6. The molecule has 5 heteroatoms. The van der Waals surface area contributed by atoms with Crippen molar-refractivity contribution in [2.75, 3.05) is 13.7 Å². The van der Waals surface area contributed by atoms with E-state index in [2.05, 4.69) is 4.98 Å². The monoisotopic (exact) mass is 304 g/mol. The predicted octanol–water partition coefficient (Wildman–Crippen LogP) is 2.93. The van der Waals surface area contributed by atoms with Crippen LogP contribution in [0, 0.1) is 0 Å². The van der Waals surface area contributed by atoms with Crippen molar-refractivity contribution in [1.29, 1.82) is 0 Å². The third kappa shape index (κ3) is 3.80. The quantitative estimate of drug-likeness (QED) is 0.924. The molecule has 4 nitrogen and oxygen atoms in total. The van der Waals surface area contributed by atoms with Crippen LogP contribution in [0.15, 0.2) is 48.7 Å². The molecule has 2 aromatic rings. The fraction of sp³-hybridized carbons (Fsp3) is 0.250. The SMILES string of the molecule is CN(C(=O)c1cc(Cl)ccn1)C(CCO)c1ccccc1. The van der Waals surface area contributed by atoms with Crippen LogP contribution >= 0.6 is 11.6 Å². The third-order valence-corrected chi connectivity index (χ3v) is 3.55. The average Bonchev–Trinajstić information content (AvgIpc) is 2.52. The van der Waals surface area contributed by atoms with Crippen molar-refractivity contribution in [3.8, 4) is 0 Å². The number of nitrogens with zero attached hydrogens (tertiary/aromatic N) is 2. The summed E-state index contributed by atoms with van der Waals surface area (Å²) in [5.41, 5.74) is 1.27. The summed E-state index contributed by atoms with van der Waals surface area (Å²) in [4.78, 5) is 18.2. The molecular weight excluding hydrogens is 288 g/mol. The van der Waals surface area contributed by atoms with Crippen molar-refractivity contribution < 1.29 is 9.90 Å². The molecule has 0 saturated carbocycles. The molecule has 21 heavy (non-hydrogen) atoms. The number of pyridine rings is 1. The summed E-state index contributed by atoms with van der Waals surface area (Å²) in [5, 5.41) is 9.74. The highest BCUT2D eigenvalue weighted by molar-refractivity contribution is 6.30. The first-order valence-electron chi connectivity index (χ1n) is 6.68. The summed E-state index contributed by atoms with van der Waals surface area (Å²) < 4.78 is 0. The lowest BCUT2D eigenvalue weighted by Crippen LogP contribution is -2.32. The van der Waals surface area contributed by atoms with E-state index in [4.69, 9.17) is 11.6 Å².